The van der Waals surface area contributed by atoms with Crippen molar-refractivity contribution in [2.75, 3.05) is 7.11 Å². The van der Waals surface area contributed by atoms with Crippen LogP contribution >= 0.6 is 0 Å². The van der Waals surface area contributed by atoms with Crippen LogP contribution in [0.15, 0.2) is 11.6 Å². The lowest BCUT2D eigenvalue weighted by Gasteiger charge is -1.97. The normalized spacial score (nSPS) is 11.4. The highest BCUT2D eigenvalue weighted by atomic mass is 16.5. The standard InChI is InChI=1S/C9H16O2/c1-4-5-6-8(2)7-9(10)11-3/h7H,4-6H2,1-3H3/b8-7-. The molecule has 0 aliphatic carbocycles. The third kappa shape index (κ3) is 5.64. The quantitative estimate of drug-likeness (QED) is 0.461. The van der Waals surface area contributed by atoms with Crippen LogP contribution in [0, 0.1) is 0 Å². The molecule has 11 heavy (non-hydrogen) atoms. The Bertz CT molecular complexity index is 148. The van der Waals surface area contributed by atoms with Gasteiger partial charge in [0.05, 0.1) is 7.11 Å². The van der Waals surface area contributed by atoms with Gasteiger partial charge in [-0.3, -0.25) is 0 Å². The van der Waals surface area contributed by atoms with Gasteiger partial charge in [-0.2, -0.15) is 0 Å². The Morgan fingerprint density at radius 1 is 1.55 bits per heavy atom. The zero-order valence-corrected chi connectivity index (χ0v) is 7.52. The fourth-order valence-corrected chi connectivity index (χ4v) is 0.788. The number of carbonyl (C=O) groups excluding carboxylic acids is 1. The molecule has 0 aliphatic heterocycles. The Labute approximate surface area is 68.2 Å². The van der Waals surface area contributed by atoms with E-state index in [1.165, 1.54) is 7.11 Å². The molecule has 0 spiro atoms. The monoisotopic (exact) mass is 156 g/mol. The Morgan fingerprint density at radius 3 is 2.64 bits per heavy atom. The summed E-state index contributed by atoms with van der Waals surface area (Å²) < 4.78 is 4.49. The Hall–Kier alpha value is -0.790. The molecule has 0 aromatic carbocycles. The van der Waals surface area contributed by atoms with Crippen LogP contribution in [0.25, 0.3) is 0 Å². The van der Waals surface area contributed by atoms with E-state index >= 15 is 0 Å². The predicted molar refractivity (Wildman–Crippen MR) is 45.3 cm³/mol. The Kier molecular flexibility index (Phi) is 5.53. The average Bonchev–Trinajstić information content (AvgIpc) is 2.00. The van der Waals surface area contributed by atoms with Gasteiger partial charge < -0.3 is 4.74 Å². The van der Waals surface area contributed by atoms with E-state index in [2.05, 4.69) is 11.7 Å². The number of hydrogen-bond acceptors (Lipinski definition) is 2. The number of carbonyl (C=O) groups is 1. The van der Waals surface area contributed by atoms with E-state index in [-0.39, 0.29) is 5.97 Å². The van der Waals surface area contributed by atoms with Crippen molar-refractivity contribution in [2.24, 2.45) is 0 Å². The van der Waals surface area contributed by atoms with Crippen LogP contribution in [0.4, 0.5) is 0 Å². The molecule has 0 rings (SSSR count). The van der Waals surface area contributed by atoms with E-state index < -0.39 is 0 Å². The molecule has 2 nitrogen and oxygen atoms in total. The summed E-state index contributed by atoms with van der Waals surface area (Å²) in [6.07, 6.45) is 4.84. The van der Waals surface area contributed by atoms with Gasteiger partial charge in [0.1, 0.15) is 0 Å². The second-order valence-corrected chi connectivity index (χ2v) is 2.62. The van der Waals surface area contributed by atoms with Gasteiger partial charge in [-0.15, -0.1) is 0 Å². The van der Waals surface area contributed by atoms with Crippen LogP contribution in [0.5, 0.6) is 0 Å². The first-order valence-electron chi connectivity index (χ1n) is 3.95. The minimum Gasteiger partial charge on any atom is -0.466 e. The molecule has 0 aromatic rings. The van der Waals surface area contributed by atoms with Crippen molar-refractivity contribution < 1.29 is 9.53 Å². The van der Waals surface area contributed by atoms with Crippen LogP contribution in [0.3, 0.4) is 0 Å². The van der Waals surface area contributed by atoms with Crippen LogP contribution in [-0.2, 0) is 9.53 Å². The van der Waals surface area contributed by atoms with Crippen molar-refractivity contribution >= 4 is 5.97 Å². The Morgan fingerprint density at radius 2 is 2.18 bits per heavy atom. The van der Waals surface area contributed by atoms with Crippen molar-refractivity contribution in [3.63, 3.8) is 0 Å². The maximum absolute atomic E-state index is 10.7. The van der Waals surface area contributed by atoms with Crippen LogP contribution < -0.4 is 0 Å². The average molecular weight is 156 g/mol. The summed E-state index contributed by atoms with van der Waals surface area (Å²) >= 11 is 0. The summed E-state index contributed by atoms with van der Waals surface area (Å²) in [4.78, 5) is 10.7. The highest BCUT2D eigenvalue weighted by molar-refractivity contribution is 5.82. The van der Waals surface area contributed by atoms with E-state index in [9.17, 15) is 4.79 Å². The predicted octanol–water partition coefficient (Wildman–Crippen LogP) is 2.30. The van der Waals surface area contributed by atoms with Gasteiger partial charge in [0, 0.05) is 6.08 Å². The molecule has 0 N–H and O–H groups in total. The molecule has 0 unspecified atom stereocenters. The zero-order valence-electron chi connectivity index (χ0n) is 7.52. The molecule has 0 aliphatic rings. The molecule has 0 saturated carbocycles. The van der Waals surface area contributed by atoms with E-state index in [0.29, 0.717) is 0 Å². The van der Waals surface area contributed by atoms with Crippen molar-refractivity contribution in [3.05, 3.63) is 11.6 Å². The van der Waals surface area contributed by atoms with Gasteiger partial charge in [0.2, 0.25) is 0 Å². The number of hydrogen-bond donors (Lipinski definition) is 0. The fraction of sp³-hybridized carbons (Fsp3) is 0.667. The first kappa shape index (κ1) is 10.2. The third-order valence-electron chi connectivity index (χ3n) is 1.49. The minimum atomic E-state index is -0.251. The van der Waals surface area contributed by atoms with Gasteiger partial charge in [-0.05, 0) is 19.8 Å². The highest BCUT2D eigenvalue weighted by Gasteiger charge is 1.95. The molecule has 0 heterocycles. The number of esters is 1. The van der Waals surface area contributed by atoms with Crippen LogP contribution in [0.1, 0.15) is 33.1 Å². The lowest BCUT2D eigenvalue weighted by molar-refractivity contribution is -0.134. The second-order valence-electron chi connectivity index (χ2n) is 2.62. The smallest absolute Gasteiger partial charge is 0.330 e. The highest BCUT2D eigenvalue weighted by Crippen LogP contribution is 2.05. The number of unbranched alkanes of at least 4 members (excludes halogenated alkanes) is 1. The zero-order chi connectivity index (χ0) is 8.69. The molecule has 0 atom stereocenters. The van der Waals surface area contributed by atoms with Gasteiger partial charge >= 0.3 is 5.97 Å². The summed E-state index contributed by atoms with van der Waals surface area (Å²) in [7, 11) is 1.39. The minimum absolute atomic E-state index is 0.251. The largest absolute Gasteiger partial charge is 0.466 e. The van der Waals surface area contributed by atoms with Crippen LogP contribution in [-0.4, -0.2) is 13.1 Å². The molecule has 2 heteroatoms. The summed E-state index contributed by atoms with van der Waals surface area (Å²) in [5, 5.41) is 0. The summed E-state index contributed by atoms with van der Waals surface area (Å²) in [5.41, 5.74) is 1.10. The molecule has 0 saturated heterocycles. The summed E-state index contributed by atoms with van der Waals surface area (Å²) in [6, 6.07) is 0. The van der Waals surface area contributed by atoms with Gasteiger partial charge in [-0.25, -0.2) is 4.79 Å². The van der Waals surface area contributed by atoms with E-state index in [1.807, 2.05) is 6.92 Å². The molecule has 64 valence electrons. The number of methoxy groups -OCH3 is 1. The molecular weight excluding hydrogens is 140 g/mol. The molecule has 0 fully saturated rings. The summed E-state index contributed by atoms with van der Waals surface area (Å²) in [5.74, 6) is -0.251. The van der Waals surface area contributed by atoms with E-state index in [0.717, 1.165) is 24.8 Å². The van der Waals surface area contributed by atoms with Crippen molar-refractivity contribution in [3.8, 4) is 0 Å². The first-order chi connectivity index (χ1) is 5.20. The Balaban J connectivity index is 3.70. The van der Waals surface area contributed by atoms with Gasteiger partial charge in [-0.1, -0.05) is 18.9 Å². The van der Waals surface area contributed by atoms with Crippen LogP contribution in [0.2, 0.25) is 0 Å². The number of rotatable bonds is 4. The first-order valence-corrected chi connectivity index (χ1v) is 3.95. The fourth-order valence-electron chi connectivity index (χ4n) is 0.788. The molecule has 0 amide bonds. The summed E-state index contributed by atoms with van der Waals surface area (Å²) in [6.45, 7) is 4.08. The molecular formula is C9H16O2. The topological polar surface area (TPSA) is 26.3 Å². The molecule has 0 radical (unpaired) electrons. The van der Waals surface area contributed by atoms with Gasteiger partial charge in [0.25, 0.3) is 0 Å². The van der Waals surface area contributed by atoms with Gasteiger partial charge in [0.15, 0.2) is 0 Å². The van der Waals surface area contributed by atoms with E-state index in [1.54, 1.807) is 6.08 Å². The lowest BCUT2D eigenvalue weighted by Crippen LogP contribution is -1.95. The van der Waals surface area contributed by atoms with Crippen molar-refractivity contribution in [1.29, 1.82) is 0 Å². The SMILES string of the molecule is CCCC/C(C)=C\C(=O)OC. The van der Waals surface area contributed by atoms with E-state index in [4.69, 9.17) is 0 Å². The molecule has 0 bridgehead atoms. The van der Waals surface area contributed by atoms with Crippen molar-refractivity contribution in [2.45, 2.75) is 33.1 Å². The van der Waals surface area contributed by atoms with Crippen molar-refractivity contribution in [1.82, 2.24) is 0 Å². The maximum Gasteiger partial charge on any atom is 0.330 e. The third-order valence-corrected chi connectivity index (χ3v) is 1.49. The lowest BCUT2D eigenvalue weighted by atomic mass is 10.1. The molecule has 0 aromatic heterocycles. The number of ether oxygens (including phenoxy) is 1. The number of allylic oxidation sites excluding steroid dienone is 1. The second kappa shape index (κ2) is 5.96. The maximum atomic E-state index is 10.7.